The Balaban J connectivity index is 0.982. The number of nitrogens with zero attached hydrogens (tertiary/aromatic N) is 4. The maximum absolute atomic E-state index is 13.8. The molecule has 2 heterocycles. The first-order chi connectivity index (χ1) is 30.2. The lowest BCUT2D eigenvalue weighted by molar-refractivity contribution is -0.245. The molecule has 14 heteroatoms. The lowest BCUT2D eigenvalue weighted by Gasteiger charge is -2.36. The third kappa shape index (κ3) is 10.7. The molecule has 4 atom stereocenters. The minimum Gasteiger partial charge on any atom is -0.392 e. The Morgan fingerprint density at radius 1 is 0.790 bits per heavy atom. The van der Waals surface area contributed by atoms with Crippen molar-refractivity contribution in [2.75, 3.05) is 5.75 Å². The number of tetrazole rings is 1. The topological polar surface area (TPSA) is 158 Å². The number of nitrogens with one attached hydrogen (secondary N) is 2. The average Bonchev–Trinajstić information content (AvgIpc) is 3.79. The molecule has 0 radical (unpaired) electrons. The molecule has 0 bridgehead atoms. The summed E-state index contributed by atoms with van der Waals surface area (Å²) in [7, 11) is -3.98. The number of sulfonamides is 1. The number of hydrogen-bond donors (Lipinski definition) is 3. The van der Waals surface area contributed by atoms with E-state index >= 15 is 0 Å². The van der Waals surface area contributed by atoms with E-state index in [1.165, 1.54) is 23.9 Å². The van der Waals surface area contributed by atoms with Crippen molar-refractivity contribution in [3.05, 3.63) is 191 Å². The predicted molar refractivity (Wildman–Crippen MR) is 237 cm³/mol. The van der Waals surface area contributed by atoms with Crippen LogP contribution in [0.2, 0.25) is 0 Å². The van der Waals surface area contributed by atoms with E-state index in [1.54, 1.807) is 16.8 Å². The van der Waals surface area contributed by atoms with Gasteiger partial charge in [-0.15, -0.1) is 5.10 Å². The van der Waals surface area contributed by atoms with Crippen LogP contribution in [0.3, 0.4) is 0 Å². The number of thioether (sulfide) groups is 1. The minimum absolute atomic E-state index is 0.0435. The van der Waals surface area contributed by atoms with Gasteiger partial charge in [0.1, 0.15) is 6.04 Å². The fourth-order valence-corrected chi connectivity index (χ4v) is 9.34. The Kier molecular flexibility index (Phi) is 13.6. The van der Waals surface area contributed by atoms with Crippen molar-refractivity contribution in [2.24, 2.45) is 0 Å². The molecule has 62 heavy (non-hydrogen) atoms. The quantitative estimate of drug-likeness (QED) is 0.0824. The molecule has 0 saturated carbocycles. The normalized spacial score (nSPS) is 17.0. The number of carbonyl (C=O) groups excluding carboxylic acids is 1. The van der Waals surface area contributed by atoms with Crippen LogP contribution in [-0.2, 0) is 43.9 Å². The molecule has 12 nitrogen and oxygen atoms in total. The SMILES string of the molecule is Cc1ccc(S(=O)(=O)NC(Cc2ccccc2)C(=O)NCc2cccc(-c3cccc(C4OC(CSc5nnnn5-c5ccccc5)CC(c5ccc(CO)cc5)O4)c3)c2)cc1. The van der Waals surface area contributed by atoms with Gasteiger partial charge < -0.3 is 19.9 Å². The van der Waals surface area contributed by atoms with Crippen molar-refractivity contribution in [2.45, 2.75) is 67.5 Å². The Morgan fingerprint density at radius 3 is 2.23 bits per heavy atom. The fraction of sp³-hybridized carbons (Fsp3) is 0.208. The van der Waals surface area contributed by atoms with Crippen molar-refractivity contribution < 1.29 is 27.8 Å². The second kappa shape index (κ2) is 19.8. The summed E-state index contributed by atoms with van der Waals surface area (Å²) in [6.07, 6.45) is -0.405. The van der Waals surface area contributed by atoms with Gasteiger partial charge in [-0.05, 0) is 93.6 Å². The van der Waals surface area contributed by atoms with Gasteiger partial charge in [-0.1, -0.05) is 139 Å². The average molecular weight is 867 g/mol. The summed E-state index contributed by atoms with van der Waals surface area (Å²) in [5, 5.41) is 25.7. The molecule has 1 fully saturated rings. The summed E-state index contributed by atoms with van der Waals surface area (Å²) < 4.78 is 44.5. The Bertz CT molecular complexity index is 2680. The zero-order chi connectivity index (χ0) is 42.9. The molecule has 3 N–H and O–H groups in total. The number of aryl methyl sites for hydroxylation is 1. The summed E-state index contributed by atoms with van der Waals surface area (Å²) in [4.78, 5) is 13.8. The number of ether oxygens (including phenoxy) is 2. The number of hydrogen-bond acceptors (Lipinski definition) is 10. The summed E-state index contributed by atoms with van der Waals surface area (Å²) in [6.45, 7) is 2.02. The van der Waals surface area contributed by atoms with Gasteiger partial charge in [0.05, 0.1) is 29.4 Å². The summed E-state index contributed by atoms with van der Waals surface area (Å²) >= 11 is 1.52. The van der Waals surface area contributed by atoms with Crippen molar-refractivity contribution in [1.82, 2.24) is 30.2 Å². The van der Waals surface area contributed by atoms with Gasteiger partial charge in [0.2, 0.25) is 21.1 Å². The highest BCUT2D eigenvalue weighted by Gasteiger charge is 2.33. The van der Waals surface area contributed by atoms with Crippen LogP contribution in [0.4, 0.5) is 0 Å². The number of aromatic nitrogens is 4. The van der Waals surface area contributed by atoms with Crippen molar-refractivity contribution >= 4 is 27.7 Å². The zero-order valence-corrected chi connectivity index (χ0v) is 35.6. The third-order valence-corrected chi connectivity index (χ3v) is 13.1. The second-order valence-electron chi connectivity index (χ2n) is 15.1. The van der Waals surface area contributed by atoms with E-state index in [4.69, 9.17) is 9.47 Å². The predicted octanol–water partition coefficient (Wildman–Crippen LogP) is 7.67. The van der Waals surface area contributed by atoms with Crippen LogP contribution >= 0.6 is 11.8 Å². The molecular weight excluding hydrogens is 821 g/mol. The van der Waals surface area contributed by atoms with E-state index in [2.05, 4.69) is 31.6 Å². The Morgan fingerprint density at radius 2 is 1.48 bits per heavy atom. The van der Waals surface area contributed by atoms with Crippen LogP contribution in [-0.4, -0.2) is 57.5 Å². The smallest absolute Gasteiger partial charge is 0.241 e. The van der Waals surface area contributed by atoms with Gasteiger partial charge in [-0.25, -0.2) is 8.42 Å². The largest absolute Gasteiger partial charge is 0.392 e. The molecule has 1 saturated heterocycles. The zero-order valence-electron chi connectivity index (χ0n) is 33.9. The first kappa shape index (κ1) is 42.7. The number of amides is 1. The van der Waals surface area contributed by atoms with Crippen LogP contribution in [0, 0.1) is 6.92 Å². The molecule has 1 aromatic heterocycles. The highest BCUT2D eigenvalue weighted by molar-refractivity contribution is 7.99. The number of carbonyl (C=O) groups is 1. The van der Waals surface area contributed by atoms with Crippen molar-refractivity contribution in [3.8, 4) is 16.8 Å². The van der Waals surface area contributed by atoms with Gasteiger partial charge in [-0.2, -0.15) is 9.40 Å². The Labute approximate surface area is 365 Å². The van der Waals surface area contributed by atoms with Crippen LogP contribution in [0.1, 0.15) is 52.2 Å². The number of para-hydroxylation sites is 1. The Hall–Kier alpha value is -6.00. The molecular formula is C48H46N6O6S2. The monoisotopic (exact) mass is 866 g/mol. The van der Waals surface area contributed by atoms with E-state index in [-0.39, 0.29) is 36.7 Å². The molecule has 8 rings (SSSR count). The van der Waals surface area contributed by atoms with E-state index in [9.17, 15) is 18.3 Å². The summed E-state index contributed by atoms with van der Waals surface area (Å²) in [5.41, 5.74) is 7.96. The maximum atomic E-state index is 13.8. The fourth-order valence-electron chi connectivity index (χ4n) is 7.24. The highest BCUT2D eigenvalue weighted by atomic mass is 32.2. The van der Waals surface area contributed by atoms with Crippen LogP contribution in [0.5, 0.6) is 0 Å². The molecule has 1 aliphatic heterocycles. The molecule has 7 aromatic rings. The van der Waals surface area contributed by atoms with Gasteiger partial charge in [0, 0.05) is 24.3 Å². The standard InChI is InChI=1S/C48H46N6O6S2/c1-33-18-24-43(25-19-33)62(57,58)51-44(27-34-10-4-2-5-11-34)46(56)49-30-36-12-8-13-38(26-36)39-14-9-15-40(28-39)47-59-42(29-45(60-47)37-22-20-35(31-55)21-23-37)32-61-48-50-52-53-54(48)41-16-6-3-7-17-41/h2-26,28,42,44-45,47,51,55H,27,29-32H2,1H3,(H,49,56). The number of aliphatic hydroxyl groups is 1. The lowest BCUT2D eigenvalue weighted by Crippen LogP contribution is -2.47. The van der Waals surface area contributed by atoms with E-state index < -0.39 is 28.3 Å². The second-order valence-corrected chi connectivity index (χ2v) is 17.8. The van der Waals surface area contributed by atoms with E-state index in [0.29, 0.717) is 17.3 Å². The first-order valence-corrected chi connectivity index (χ1v) is 22.7. The third-order valence-electron chi connectivity index (χ3n) is 10.6. The van der Waals surface area contributed by atoms with E-state index in [1.807, 2.05) is 134 Å². The van der Waals surface area contributed by atoms with E-state index in [0.717, 1.165) is 50.2 Å². The maximum Gasteiger partial charge on any atom is 0.241 e. The lowest BCUT2D eigenvalue weighted by atomic mass is 9.99. The molecule has 6 aromatic carbocycles. The molecule has 4 unspecified atom stereocenters. The van der Waals surface area contributed by atoms with Crippen LogP contribution in [0.15, 0.2) is 168 Å². The van der Waals surface area contributed by atoms with Gasteiger partial charge in [-0.3, -0.25) is 4.79 Å². The first-order valence-electron chi connectivity index (χ1n) is 20.3. The number of aliphatic hydroxyl groups excluding tert-OH is 1. The highest BCUT2D eigenvalue weighted by Crippen LogP contribution is 2.40. The summed E-state index contributed by atoms with van der Waals surface area (Å²) in [5.74, 6) is 0.138. The van der Waals surface area contributed by atoms with Crippen molar-refractivity contribution in [1.29, 1.82) is 0 Å². The molecule has 0 spiro atoms. The van der Waals surface area contributed by atoms with Crippen molar-refractivity contribution in [3.63, 3.8) is 0 Å². The molecule has 1 amide bonds. The number of rotatable bonds is 16. The van der Waals surface area contributed by atoms with Crippen LogP contribution < -0.4 is 10.0 Å². The van der Waals surface area contributed by atoms with Gasteiger partial charge in [0.15, 0.2) is 6.29 Å². The van der Waals surface area contributed by atoms with Crippen LogP contribution in [0.25, 0.3) is 16.8 Å². The van der Waals surface area contributed by atoms with Gasteiger partial charge >= 0.3 is 0 Å². The molecule has 0 aliphatic carbocycles. The minimum atomic E-state index is -3.98. The number of benzene rings is 6. The molecule has 1 aliphatic rings. The summed E-state index contributed by atoms with van der Waals surface area (Å²) in [6, 6.07) is 48.2. The van der Waals surface area contributed by atoms with Gasteiger partial charge in [0.25, 0.3) is 0 Å². The molecule has 316 valence electrons.